The van der Waals surface area contributed by atoms with E-state index in [1.165, 1.54) is 24.3 Å². The molecule has 366 valence electrons. The molecule has 0 unspecified atom stereocenters. The Hall–Kier alpha value is -10.9. The average molecular weight is 997 g/mol. The molecule has 0 aromatic heterocycles. The van der Waals surface area contributed by atoms with Crippen molar-refractivity contribution in [2.24, 2.45) is 0 Å². The lowest BCUT2D eigenvalue weighted by Crippen LogP contribution is -2.29. The van der Waals surface area contributed by atoms with Gasteiger partial charge in [-0.1, -0.05) is 97.1 Å². The molecule has 14 nitrogen and oxygen atoms in total. The number of hydrogen-bond donors (Lipinski definition) is 4. The second kappa shape index (κ2) is 19.3. The molecule has 14 heteroatoms. The van der Waals surface area contributed by atoms with Gasteiger partial charge in [0.05, 0.1) is 33.6 Å². The Morgan fingerprint density at radius 2 is 0.684 bits per heavy atom. The molecule has 4 N–H and O–H groups in total. The Morgan fingerprint density at radius 3 is 1.09 bits per heavy atom. The van der Waals surface area contributed by atoms with E-state index in [0.717, 1.165) is 42.5 Å². The van der Waals surface area contributed by atoms with Crippen LogP contribution >= 0.6 is 0 Å². The van der Waals surface area contributed by atoms with Crippen LogP contribution in [0, 0.1) is 0 Å². The van der Waals surface area contributed by atoms with Gasteiger partial charge in [0.15, 0.2) is 0 Å². The van der Waals surface area contributed by atoms with Crippen LogP contribution in [0.3, 0.4) is 0 Å². The predicted octanol–water partition coefficient (Wildman–Crippen LogP) is 14.1. The molecule has 2 heterocycles. The number of anilines is 6. The van der Waals surface area contributed by atoms with Crippen LogP contribution in [0.2, 0.25) is 0 Å². The van der Waals surface area contributed by atoms with Gasteiger partial charge in [0.25, 0.3) is 23.6 Å². The number of ether oxygens (including phenoxy) is 2. The van der Waals surface area contributed by atoms with Gasteiger partial charge in [-0.05, 0) is 143 Å². The van der Waals surface area contributed by atoms with Crippen LogP contribution in [0.4, 0.5) is 43.7 Å². The minimum absolute atomic E-state index is 0.159. The summed E-state index contributed by atoms with van der Waals surface area (Å²) in [6, 6.07) is 63.0. The Kier molecular flexibility index (Phi) is 11.7. The van der Waals surface area contributed by atoms with E-state index in [9.17, 15) is 28.8 Å². The molecule has 8 amide bonds. The number of benzene rings is 10. The van der Waals surface area contributed by atoms with E-state index in [-0.39, 0.29) is 22.3 Å². The van der Waals surface area contributed by atoms with Crippen molar-refractivity contribution in [3.63, 3.8) is 0 Å². The summed E-state index contributed by atoms with van der Waals surface area (Å²) in [6.07, 6.45) is 0. The number of urea groups is 2. The van der Waals surface area contributed by atoms with Gasteiger partial charge in [0.2, 0.25) is 0 Å². The summed E-state index contributed by atoms with van der Waals surface area (Å²) in [5.74, 6) is -0.199. The van der Waals surface area contributed by atoms with Crippen molar-refractivity contribution in [2.75, 3.05) is 31.1 Å². The molecule has 0 saturated heterocycles. The lowest BCUT2D eigenvalue weighted by Gasteiger charge is -2.20. The molecule has 0 fully saturated rings. The SMILES string of the molecule is O=C(Nc1ccccc1)Nc1ccc2c(c1)C(=O)N(c1ccc(Oc3ccc4ccccc4c3-c3c(Oc4ccc(N5C(=O)c6ccc(NC(=O)Nc7ccccc7)cc6C5=O)cc4)ccc4ccccc34)cc1)C2=O. The number of hydrogen-bond acceptors (Lipinski definition) is 8. The van der Waals surface area contributed by atoms with Gasteiger partial charge in [-0.2, -0.15) is 0 Å². The molecule has 2 aliphatic rings. The van der Waals surface area contributed by atoms with E-state index < -0.39 is 35.7 Å². The highest BCUT2D eigenvalue weighted by molar-refractivity contribution is 6.35. The monoisotopic (exact) mass is 996 g/mol. The van der Waals surface area contributed by atoms with Crippen molar-refractivity contribution < 1.29 is 38.2 Å². The molecule has 0 spiro atoms. The predicted molar refractivity (Wildman–Crippen MR) is 293 cm³/mol. The normalized spacial score (nSPS) is 12.6. The van der Waals surface area contributed by atoms with Crippen LogP contribution in [0.25, 0.3) is 32.7 Å². The van der Waals surface area contributed by atoms with Crippen molar-refractivity contribution in [3.05, 3.63) is 241 Å². The summed E-state index contributed by atoms with van der Waals surface area (Å²) in [5.41, 5.74) is 4.78. The molecule has 0 saturated carbocycles. The van der Waals surface area contributed by atoms with E-state index >= 15 is 0 Å². The Morgan fingerprint density at radius 1 is 0.329 bits per heavy atom. The highest BCUT2D eigenvalue weighted by Gasteiger charge is 2.38. The van der Waals surface area contributed by atoms with Gasteiger partial charge in [-0.25, -0.2) is 19.4 Å². The van der Waals surface area contributed by atoms with E-state index in [0.29, 0.717) is 57.1 Å². The molecular formula is C62H40N6O8. The van der Waals surface area contributed by atoms with Crippen molar-refractivity contribution in [2.45, 2.75) is 0 Å². The molecule has 12 rings (SSSR count). The first-order chi connectivity index (χ1) is 37.1. The fourth-order valence-electron chi connectivity index (χ4n) is 9.51. The maximum absolute atomic E-state index is 13.8. The Bertz CT molecular complexity index is 3760. The van der Waals surface area contributed by atoms with E-state index in [1.807, 2.05) is 84.9 Å². The van der Waals surface area contributed by atoms with Gasteiger partial charge in [-0.3, -0.25) is 19.2 Å². The number of rotatable bonds is 11. The molecule has 2 aliphatic heterocycles. The van der Waals surface area contributed by atoms with Crippen LogP contribution in [0.15, 0.2) is 218 Å². The molecule has 0 aliphatic carbocycles. The molecule has 0 atom stereocenters. The molecule has 0 bridgehead atoms. The second-order valence-electron chi connectivity index (χ2n) is 17.8. The number of amides is 8. The van der Waals surface area contributed by atoms with Crippen molar-refractivity contribution >= 4 is 91.4 Å². The highest BCUT2D eigenvalue weighted by Crippen LogP contribution is 2.48. The third-order valence-corrected chi connectivity index (χ3v) is 13.0. The first-order valence-electron chi connectivity index (χ1n) is 24.0. The van der Waals surface area contributed by atoms with Crippen molar-refractivity contribution in [1.82, 2.24) is 0 Å². The fourth-order valence-corrected chi connectivity index (χ4v) is 9.51. The van der Waals surface area contributed by atoms with Crippen LogP contribution in [0.5, 0.6) is 23.0 Å². The lowest BCUT2D eigenvalue weighted by molar-refractivity contribution is 0.0910. The fraction of sp³-hybridized carbons (Fsp3) is 0. The standard InChI is InChI=1S/C62H40N6O8/c69-57-49-31-21-41(65-61(73)63-39-13-3-1-4-14-39)35-51(49)59(71)67(57)43-23-27-45(28-24-43)75-53-33-19-37-11-7-9-17-47(37)55(53)56-48-18-10-8-12-38(48)20-34-54(56)76-46-29-25-44(26-30-46)68-58(70)50-32-22-42(36-52(50)60(68)72)66-62(74)64-40-15-5-2-6-16-40/h1-36H,(H2,63,65,73)(H2,64,66,74). The molecular weight excluding hydrogens is 957 g/mol. The number of nitrogens with one attached hydrogen (secondary N) is 4. The zero-order valence-electron chi connectivity index (χ0n) is 39.9. The van der Waals surface area contributed by atoms with Gasteiger partial charge < -0.3 is 30.7 Å². The zero-order valence-corrected chi connectivity index (χ0v) is 39.9. The summed E-state index contributed by atoms with van der Waals surface area (Å²) in [5, 5.41) is 14.6. The van der Waals surface area contributed by atoms with Crippen LogP contribution in [-0.4, -0.2) is 35.7 Å². The minimum atomic E-state index is -0.533. The number of para-hydroxylation sites is 2. The molecule has 76 heavy (non-hydrogen) atoms. The zero-order chi connectivity index (χ0) is 51.9. The largest absolute Gasteiger partial charge is 0.457 e. The van der Waals surface area contributed by atoms with E-state index in [1.54, 1.807) is 109 Å². The van der Waals surface area contributed by atoms with Crippen LogP contribution in [-0.2, 0) is 0 Å². The smallest absolute Gasteiger partial charge is 0.323 e. The lowest BCUT2D eigenvalue weighted by atomic mass is 9.92. The summed E-state index contributed by atoms with van der Waals surface area (Å²) in [7, 11) is 0. The Balaban J connectivity index is 0.803. The Labute approximate surface area is 433 Å². The summed E-state index contributed by atoms with van der Waals surface area (Å²) in [6.45, 7) is 0. The van der Waals surface area contributed by atoms with Gasteiger partial charge in [-0.15, -0.1) is 0 Å². The van der Waals surface area contributed by atoms with Crippen molar-refractivity contribution in [1.29, 1.82) is 0 Å². The minimum Gasteiger partial charge on any atom is -0.457 e. The number of imide groups is 2. The summed E-state index contributed by atoms with van der Waals surface area (Å²) in [4.78, 5) is 82.7. The first kappa shape index (κ1) is 46.2. The average Bonchev–Trinajstić information content (AvgIpc) is 3.85. The van der Waals surface area contributed by atoms with E-state index in [4.69, 9.17) is 9.47 Å². The quantitative estimate of drug-likeness (QED) is 0.0926. The topological polar surface area (TPSA) is 175 Å². The molecule has 0 radical (unpaired) electrons. The molecule has 10 aromatic carbocycles. The number of carbonyl (C=O) groups excluding carboxylic acids is 6. The van der Waals surface area contributed by atoms with Crippen LogP contribution < -0.4 is 40.5 Å². The highest BCUT2D eigenvalue weighted by atomic mass is 16.5. The van der Waals surface area contributed by atoms with Gasteiger partial charge in [0, 0.05) is 33.9 Å². The second-order valence-corrected chi connectivity index (χ2v) is 17.8. The van der Waals surface area contributed by atoms with Crippen LogP contribution in [0.1, 0.15) is 41.4 Å². The van der Waals surface area contributed by atoms with Gasteiger partial charge >= 0.3 is 12.1 Å². The first-order valence-corrected chi connectivity index (χ1v) is 24.0. The summed E-state index contributed by atoms with van der Waals surface area (Å²) >= 11 is 0. The van der Waals surface area contributed by atoms with Crippen molar-refractivity contribution in [3.8, 4) is 34.1 Å². The number of nitrogens with zero attached hydrogens (tertiary/aromatic N) is 2. The third-order valence-electron chi connectivity index (χ3n) is 13.0. The number of carbonyl (C=O) groups is 6. The maximum atomic E-state index is 13.8. The number of fused-ring (bicyclic) bond motifs is 4. The van der Waals surface area contributed by atoms with Gasteiger partial charge in [0.1, 0.15) is 23.0 Å². The maximum Gasteiger partial charge on any atom is 0.323 e. The molecule has 10 aromatic rings. The third kappa shape index (κ3) is 8.73. The summed E-state index contributed by atoms with van der Waals surface area (Å²) < 4.78 is 13.5. The van der Waals surface area contributed by atoms with E-state index in [2.05, 4.69) is 21.3 Å².